The lowest BCUT2D eigenvalue weighted by molar-refractivity contribution is -0.153. The average Bonchev–Trinajstić information content (AvgIpc) is 2.71. The van der Waals surface area contributed by atoms with E-state index < -0.39 is 12.7 Å². The molecule has 1 saturated heterocycles. The first-order valence-corrected chi connectivity index (χ1v) is 6.98. The van der Waals surface area contributed by atoms with E-state index in [1.165, 1.54) is 4.90 Å². The highest BCUT2D eigenvalue weighted by Gasteiger charge is 2.34. The monoisotopic (exact) mass is 282 g/mol. The van der Waals surface area contributed by atoms with Crippen molar-refractivity contribution in [3.63, 3.8) is 0 Å². The number of likely N-dealkylation sites (N-methyl/N-ethyl adjacent to an activating group) is 1. The van der Waals surface area contributed by atoms with Crippen LogP contribution < -0.4 is 5.32 Å². The highest BCUT2D eigenvalue weighted by atomic mass is 19.4. The summed E-state index contributed by atoms with van der Waals surface area (Å²) in [5, 5.41) is 3.21. The molecule has 1 aliphatic rings. The third kappa shape index (κ3) is 6.58. The highest BCUT2D eigenvalue weighted by molar-refractivity contribution is 4.80. The summed E-state index contributed by atoms with van der Waals surface area (Å²) in [6.45, 7) is 6.77. The molecule has 0 amide bonds. The Bertz CT molecular complexity index is 259. The molecule has 0 aromatic rings. The molecule has 0 aromatic carbocycles. The Morgan fingerprint density at radius 2 is 1.89 bits per heavy atom. The van der Waals surface area contributed by atoms with Gasteiger partial charge in [-0.15, -0.1) is 0 Å². The Morgan fingerprint density at radius 3 is 2.42 bits per heavy atom. The maximum Gasteiger partial charge on any atom is 0.401 e. The van der Waals surface area contributed by atoms with Crippen LogP contribution in [0.25, 0.3) is 0 Å². The van der Waals surface area contributed by atoms with Crippen molar-refractivity contribution in [2.75, 3.05) is 26.2 Å². The fraction of sp³-hybridized carbons (Fsp3) is 1.00. The number of nitrogens with one attached hydrogen (secondary N) is 1. The number of halogens is 3. The van der Waals surface area contributed by atoms with Gasteiger partial charge in [-0.05, 0) is 33.2 Å². The summed E-state index contributed by atoms with van der Waals surface area (Å²) in [4.78, 5) is 1.44. The molecule has 1 heterocycles. The van der Waals surface area contributed by atoms with Crippen LogP contribution in [0, 0.1) is 0 Å². The standard InChI is InChI=1S/C13H25F3N2O/c1-4-17-7-11-5-6-12(19-11)8-18(10(2)3)9-13(14,15)16/h10-12,17H,4-9H2,1-3H3. The van der Waals surface area contributed by atoms with Crippen LogP contribution in [-0.2, 0) is 4.74 Å². The largest absolute Gasteiger partial charge is 0.401 e. The van der Waals surface area contributed by atoms with Crippen molar-refractivity contribution >= 4 is 0 Å². The smallest absolute Gasteiger partial charge is 0.372 e. The topological polar surface area (TPSA) is 24.5 Å². The first kappa shape index (κ1) is 16.7. The zero-order valence-corrected chi connectivity index (χ0v) is 12.0. The van der Waals surface area contributed by atoms with Crippen molar-refractivity contribution in [2.45, 2.75) is 58.0 Å². The zero-order valence-electron chi connectivity index (χ0n) is 12.0. The van der Waals surface area contributed by atoms with E-state index in [9.17, 15) is 13.2 Å². The van der Waals surface area contributed by atoms with Crippen molar-refractivity contribution in [1.29, 1.82) is 0 Å². The van der Waals surface area contributed by atoms with Gasteiger partial charge in [0, 0.05) is 19.1 Å². The summed E-state index contributed by atoms with van der Waals surface area (Å²) in [6.07, 6.45) is -2.31. The molecule has 1 aliphatic heterocycles. The fourth-order valence-electron chi connectivity index (χ4n) is 2.32. The molecule has 0 spiro atoms. The van der Waals surface area contributed by atoms with Crippen LogP contribution in [0.2, 0.25) is 0 Å². The Kier molecular flexibility index (Phi) is 6.56. The van der Waals surface area contributed by atoms with Crippen LogP contribution in [0.4, 0.5) is 13.2 Å². The molecular formula is C13H25F3N2O. The second kappa shape index (κ2) is 7.45. The number of hydrogen-bond donors (Lipinski definition) is 1. The van der Waals surface area contributed by atoms with E-state index in [0.717, 1.165) is 25.9 Å². The first-order chi connectivity index (χ1) is 8.81. The van der Waals surface area contributed by atoms with Crippen molar-refractivity contribution in [2.24, 2.45) is 0 Å². The average molecular weight is 282 g/mol. The number of rotatable bonds is 7. The van der Waals surface area contributed by atoms with Gasteiger partial charge in [-0.25, -0.2) is 0 Å². The van der Waals surface area contributed by atoms with E-state index in [1.54, 1.807) is 13.8 Å². The third-order valence-electron chi connectivity index (χ3n) is 3.37. The molecule has 2 atom stereocenters. The van der Waals surface area contributed by atoms with Gasteiger partial charge in [0.1, 0.15) is 0 Å². The Balaban J connectivity index is 2.39. The minimum absolute atomic E-state index is 0.0755. The summed E-state index contributed by atoms with van der Waals surface area (Å²) >= 11 is 0. The molecule has 114 valence electrons. The fourth-order valence-corrected chi connectivity index (χ4v) is 2.32. The second-order valence-corrected chi connectivity index (χ2v) is 5.40. The minimum Gasteiger partial charge on any atom is -0.372 e. The van der Waals surface area contributed by atoms with E-state index in [0.29, 0.717) is 6.54 Å². The van der Waals surface area contributed by atoms with E-state index in [2.05, 4.69) is 5.32 Å². The predicted octanol–water partition coefficient (Wildman–Crippen LogP) is 2.42. The summed E-state index contributed by atoms with van der Waals surface area (Å²) in [5.41, 5.74) is 0. The molecule has 1 rings (SSSR count). The highest BCUT2D eigenvalue weighted by Crippen LogP contribution is 2.23. The summed E-state index contributed by atoms with van der Waals surface area (Å²) < 4.78 is 43.3. The molecular weight excluding hydrogens is 257 g/mol. The predicted molar refractivity (Wildman–Crippen MR) is 69.2 cm³/mol. The zero-order chi connectivity index (χ0) is 14.5. The number of ether oxygens (including phenoxy) is 1. The first-order valence-electron chi connectivity index (χ1n) is 6.98. The second-order valence-electron chi connectivity index (χ2n) is 5.40. The van der Waals surface area contributed by atoms with Crippen molar-refractivity contribution in [3.05, 3.63) is 0 Å². The van der Waals surface area contributed by atoms with Gasteiger partial charge in [-0.3, -0.25) is 4.90 Å². The quantitative estimate of drug-likeness (QED) is 0.776. The Hall–Kier alpha value is -0.330. The van der Waals surface area contributed by atoms with E-state index in [-0.39, 0.29) is 18.2 Å². The molecule has 6 heteroatoms. The number of alkyl halides is 3. The van der Waals surface area contributed by atoms with Crippen LogP contribution in [0.15, 0.2) is 0 Å². The summed E-state index contributed by atoms with van der Waals surface area (Å²) in [7, 11) is 0. The normalized spacial score (nSPS) is 24.6. The van der Waals surface area contributed by atoms with E-state index >= 15 is 0 Å². The summed E-state index contributed by atoms with van der Waals surface area (Å²) in [6, 6.07) is -0.127. The Labute approximate surface area is 113 Å². The molecule has 0 saturated carbocycles. The SMILES string of the molecule is CCNCC1CCC(CN(CC(F)(F)F)C(C)C)O1. The van der Waals surface area contributed by atoms with Gasteiger partial charge in [-0.1, -0.05) is 6.92 Å². The molecule has 2 unspecified atom stereocenters. The molecule has 1 N–H and O–H groups in total. The van der Waals surface area contributed by atoms with Gasteiger partial charge in [0.15, 0.2) is 0 Å². The maximum atomic E-state index is 12.5. The number of hydrogen-bond acceptors (Lipinski definition) is 3. The lowest BCUT2D eigenvalue weighted by Crippen LogP contribution is -2.43. The van der Waals surface area contributed by atoms with Crippen LogP contribution in [0.3, 0.4) is 0 Å². The summed E-state index contributed by atoms with van der Waals surface area (Å²) in [5.74, 6) is 0. The number of nitrogens with zero attached hydrogens (tertiary/aromatic N) is 1. The molecule has 0 aromatic heterocycles. The molecule has 3 nitrogen and oxygen atoms in total. The van der Waals surface area contributed by atoms with Gasteiger partial charge in [0.2, 0.25) is 0 Å². The minimum atomic E-state index is -4.15. The lowest BCUT2D eigenvalue weighted by Gasteiger charge is -2.29. The van der Waals surface area contributed by atoms with Crippen molar-refractivity contribution in [3.8, 4) is 0 Å². The van der Waals surface area contributed by atoms with Crippen LogP contribution in [0.1, 0.15) is 33.6 Å². The third-order valence-corrected chi connectivity index (χ3v) is 3.37. The van der Waals surface area contributed by atoms with Crippen molar-refractivity contribution < 1.29 is 17.9 Å². The molecule has 0 bridgehead atoms. The Morgan fingerprint density at radius 1 is 1.26 bits per heavy atom. The van der Waals surface area contributed by atoms with Gasteiger partial charge in [-0.2, -0.15) is 13.2 Å². The molecule has 19 heavy (non-hydrogen) atoms. The molecule has 1 fully saturated rings. The van der Waals surface area contributed by atoms with Gasteiger partial charge in [0.05, 0.1) is 18.8 Å². The molecule has 0 aliphatic carbocycles. The van der Waals surface area contributed by atoms with Gasteiger partial charge >= 0.3 is 6.18 Å². The molecule has 0 radical (unpaired) electrons. The van der Waals surface area contributed by atoms with Crippen molar-refractivity contribution in [1.82, 2.24) is 10.2 Å². The van der Waals surface area contributed by atoms with E-state index in [4.69, 9.17) is 4.74 Å². The van der Waals surface area contributed by atoms with Gasteiger partial charge in [0.25, 0.3) is 0 Å². The maximum absolute atomic E-state index is 12.5. The van der Waals surface area contributed by atoms with E-state index in [1.807, 2.05) is 6.92 Å². The lowest BCUT2D eigenvalue weighted by atomic mass is 10.1. The van der Waals surface area contributed by atoms with Crippen LogP contribution >= 0.6 is 0 Å². The van der Waals surface area contributed by atoms with Crippen LogP contribution in [-0.4, -0.2) is 55.5 Å². The van der Waals surface area contributed by atoms with Crippen LogP contribution in [0.5, 0.6) is 0 Å². The van der Waals surface area contributed by atoms with Gasteiger partial charge < -0.3 is 10.1 Å².